The number of hydrogen-bond acceptors (Lipinski definition) is 4. The van der Waals surface area contributed by atoms with Crippen LogP contribution in [0.15, 0.2) is 9.59 Å². The number of aryl methyl sites for hydroxylation is 1. The van der Waals surface area contributed by atoms with Crippen LogP contribution in [0.3, 0.4) is 0 Å². The minimum atomic E-state index is -1.18. The number of hydrogen-bond donors (Lipinski definition) is 1. The molecule has 0 spiro atoms. The first kappa shape index (κ1) is 14.6. The fraction of sp³-hybridized carbons (Fsp3) is 0.571. The summed E-state index contributed by atoms with van der Waals surface area (Å²) in [6.07, 6.45) is 4.78. The van der Waals surface area contributed by atoms with Crippen molar-refractivity contribution >= 4 is 17.1 Å². The summed E-state index contributed by atoms with van der Waals surface area (Å²) in [5.74, 6) is -1.35. The van der Waals surface area contributed by atoms with Crippen molar-refractivity contribution in [1.82, 2.24) is 18.7 Å². The quantitative estimate of drug-likeness (QED) is 0.877. The summed E-state index contributed by atoms with van der Waals surface area (Å²) in [6.45, 7) is 0. The molecule has 1 aliphatic rings. The lowest BCUT2D eigenvalue weighted by molar-refractivity contribution is 0.0674. The van der Waals surface area contributed by atoms with E-state index < -0.39 is 17.2 Å². The lowest BCUT2D eigenvalue weighted by atomic mass is 9.95. The first-order chi connectivity index (χ1) is 10.4. The molecule has 1 fully saturated rings. The maximum absolute atomic E-state index is 12.3. The normalized spacial score (nSPS) is 16.3. The molecule has 2 heterocycles. The lowest BCUT2D eigenvalue weighted by Gasteiger charge is -2.25. The van der Waals surface area contributed by atoms with E-state index in [9.17, 15) is 19.5 Å². The average Bonchev–Trinajstić information content (AvgIpc) is 2.92. The Hall–Kier alpha value is -2.38. The third-order valence-electron chi connectivity index (χ3n) is 4.42. The minimum Gasteiger partial charge on any atom is -0.475 e. The molecule has 1 N–H and O–H groups in total. The predicted molar refractivity (Wildman–Crippen MR) is 79.3 cm³/mol. The molecular formula is C14H18N4O4. The number of aromatic nitrogens is 4. The van der Waals surface area contributed by atoms with Gasteiger partial charge in [0.2, 0.25) is 5.82 Å². The van der Waals surface area contributed by atoms with Crippen LogP contribution in [0.25, 0.3) is 11.2 Å². The van der Waals surface area contributed by atoms with Crippen molar-refractivity contribution in [3.63, 3.8) is 0 Å². The van der Waals surface area contributed by atoms with E-state index in [2.05, 4.69) is 4.98 Å². The van der Waals surface area contributed by atoms with Gasteiger partial charge in [-0.05, 0) is 12.8 Å². The second-order valence-corrected chi connectivity index (χ2v) is 5.78. The molecule has 8 heteroatoms. The molecule has 0 aliphatic heterocycles. The molecule has 1 saturated carbocycles. The number of carboxylic acids is 1. The number of carboxylic acid groups (broad SMARTS) is 1. The molecule has 0 radical (unpaired) electrons. The Morgan fingerprint density at radius 1 is 1.14 bits per heavy atom. The van der Waals surface area contributed by atoms with Gasteiger partial charge in [-0.1, -0.05) is 19.3 Å². The summed E-state index contributed by atoms with van der Waals surface area (Å²) in [6, 6.07) is -0.0393. The van der Waals surface area contributed by atoms with E-state index in [-0.39, 0.29) is 17.4 Å². The molecule has 2 aromatic rings. The zero-order valence-corrected chi connectivity index (χ0v) is 12.6. The topological polar surface area (TPSA) is 99.1 Å². The van der Waals surface area contributed by atoms with Crippen LogP contribution in [0.2, 0.25) is 0 Å². The molecule has 0 bridgehead atoms. The Labute approximate surface area is 125 Å². The Morgan fingerprint density at radius 2 is 1.77 bits per heavy atom. The van der Waals surface area contributed by atoms with Gasteiger partial charge >= 0.3 is 11.7 Å². The van der Waals surface area contributed by atoms with Gasteiger partial charge in [0.15, 0.2) is 11.2 Å². The van der Waals surface area contributed by atoms with Crippen LogP contribution in [0.1, 0.15) is 48.8 Å². The Bertz CT molecular complexity index is 868. The van der Waals surface area contributed by atoms with Gasteiger partial charge in [0.25, 0.3) is 5.56 Å². The van der Waals surface area contributed by atoms with Crippen molar-refractivity contribution in [2.24, 2.45) is 14.1 Å². The maximum Gasteiger partial charge on any atom is 0.372 e. The highest BCUT2D eigenvalue weighted by atomic mass is 16.4. The molecule has 8 nitrogen and oxygen atoms in total. The monoisotopic (exact) mass is 306 g/mol. The van der Waals surface area contributed by atoms with E-state index in [0.29, 0.717) is 5.65 Å². The van der Waals surface area contributed by atoms with E-state index in [1.807, 2.05) is 0 Å². The number of carbonyl (C=O) groups is 1. The van der Waals surface area contributed by atoms with Crippen LogP contribution in [-0.2, 0) is 14.1 Å². The van der Waals surface area contributed by atoms with E-state index in [4.69, 9.17) is 0 Å². The van der Waals surface area contributed by atoms with Crippen LogP contribution >= 0.6 is 0 Å². The van der Waals surface area contributed by atoms with Crippen molar-refractivity contribution in [1.29, 1.82) is 0 Å². The largest absolute Gasteiger partial charge is 0.475 e. The fourth-order valence-corrected chi connectivity index (χ4v) is 3.29. The zero-order valence-electron chi connectivity index (χ0n) is 12.6. The molecule has 0 unspecified atom stereocenters. The summed E-state index contributed by atoms with van der Waals surface area (Å²) in [7, 11) is 2.90. The summed E-state index contributed by atoms with van der Waals surface area (Å²) < 4.78 is 3.83. The zero-order chi connectivity index (χ0) is 16.0. The van der Waals surface area contributed by atoms with Crippen LogP contribution in [0.4, 0.5) is 0 Å². The number of aromatic carboxylic acids is 1. The number of fused-ring (bicyclic) bond motifs is 1. The smallest absolute Gasteiger partial charge is 0.372 e. The van der Waals surface area contributed by atoms with Gasteiger partial charge < -0.3 is 9.67 Å². The van der Waals surface area contributed by atoms with Crippen molar-refractivity contribution in [2.75, 3.05) is 0 Å². The lowest BCUT2D eigenvalue weighted by Crippen LogP contribution is -2.37. The van der Waals surface area contributed by atoms with Crippen molar-refractivity contribution in [2.45, 2.75) is 38.1 Å². The molecule has 118 valence electrons. The van der Waals surface area contributed by atoms with Gasteiger partial charge in [0.05, 0.1) is 0 Å². The molecule has 0 atom stereocenters. The summed E-state index contributed by atoms with van der Waals surface area (Å²) >= 11 is 0. The number of nitrogens with zero attached hydrogens (tertiary/aromatic N) is 4. The fourth-order valence-electron chi connectivity index (χ4n) is 3.29. The molecule has 0 saturated heterocycles. The highest BCUT2D eigenvalue weighted by Crippen LogP contribution is 2.31. The molecule has 0 aromatic carbocycles. The first-order valence-electron chi connectivity index (χ1n) is 7.34. The highest BCUT2D eigenvalue weighted by Gasteiger charge is 2.28. The van der Waals surface area contributed by atoms with Gasteiger partial charge in [-0.25, -0.2) is 14.6 Å². The van der Waals surface area contributed by atoms with Gasteiger partial charge in [0.1, 0.15) is 0 Å². The number of imidazole rings is 1. The second kappa shape index (κ2) is 5.11. The standard InChI is InChI=1S/C14H18N4O4/c1-16-11-9(12(19)17(2)14(16)22)15-10(13(20)21)18(11)8-6-4-3-5-7-8/h8H,3-7H2,1-2H3,(H,20,21). The predicted octanol–water partition coefficient (Wildman–Crippen LogP) is 0.637. The van der Waals surface area contributed by atoms with Gasteiger partial charge in [-0.15, -0.1) is 0 Å². The van der Waals surface area contributed by atoms with E-state index in [1.54, 1.807) is 4.57 Å². The van der Waals surface area contributed by atoms with E-state index in [1.165, 1.54) is 18.7 Å². The molecule has 0 amide bonds. The minimum absolute atomic E-state index is 0.0348. The molecule has 1 aliphatic carbocycles. The van der Waals surface area contributed by atoms with E-state index >= 15 is 0 Å². The average molecular weight is 306 g/mol. The van der Waals surface area contributed by atoms with Gasteiger partial charge in [-0.3, -0.25) is 13.9 Å². The summed E-state index contributed by atoms with van der Waals surface area (Å²) in [4.78, 5) is 40.0. The first-order valence-corrected chi connectivity index (χ1v) is 7.34. The van der Waals surface area contributed by atoms with Crippen molar-refractivity contribution < 1.29 is 9.90 Å². The van der Waals surface area contributed by atoms with Crippen LogP contribution in [0, 0.1) is 0 Å². The third kappa shape index (κ3) is 1.98. The van der Waals surface area contributed by atoms with Crippen molar-refractivity contribution in [3.05, 3.63) is 26.7 Å². The van der Waals surface area contributed by atoms with E-state index in [0.717, 1.165) is 36.7 Å². The number of rotatable bonds is 2. The molecule has 2 aromatic heterocycles. The molecular weight excluding hydrogens is 288 g/mol. The van der Waals surface area contributed by atoms with Gasteiger partial charge in [-0.2, -0.15) is 0 Å². The Kier molecular flexibility index (Phi) is 3.38. The van der Waals surface area contributed by atoms with Gasteiger partial charge in [0, 0.05) is 20.1 Å². The highest BCUT2D eigenvalue weighted by molar-refractivity contribution is 5.88. The molecule has 22 heavy (non-hydrogen) atoms. The van der Waals surface area contributed by atoms with Crippen LogP contribution in [0.5, 0.6) is 0 Å². The Morgan fingerprint density at radius 3 is 2.36 bits per heavy atom. The van der Waals surface area contributed by atoms with Crippen LogP contribution < -0.4 is 11.2 Å². The maximum atomic E-state index is 12.3. The summed E-state index contributed by atoms with van der Waals surface area (Å²) in [5.41, 5.74) is -0.702. The third-order valence-corrected chi connectivity index (χ3v) is 4.42. The second-order valence-electron chi connectivity index (χ2n) is 5.78. The summed E-state index contributed by atoms with van der Waals surface area (Å²) in [5, 5.41) is 9.44. The molecule has 3 rings (SSSR count). The SMILES string of the molecule is Cn1c(=O)c2nc(C(=O)O)n(C3CCCCC3)c2n(C)c1=O. The van der Waals surface area contributed by atoms with Crippen molar-refractivity contribution in [3.8, 4) is 0 Å². The van der Waals surface area contributed by atoms with Crippen LogP contribution in [-0.4, -0.2) is 29.8 Å². The Balaban J connectivity index is 2.42.